The number of carbonyl (C=O) groups is 1. The van der Waals surface area contributed by atoms with Crippen molar-refractivity contribution in [2.45, 2.75) is 32.2 Å². The van der Waals surface area contributed by atoms with E-state index in [1.807, 2.05) is 12.1 Å². The highest BCUT2D eigenvalue weighted by molar-refractivity contribution is 7.16. The number of hydrogen-bond donors (Lipinski definition) is 2. The lowest BCUT2D eigenvalue weighted by atomic mass is 9.96. The fourth-order valence-electron chi connectivity index (χ4n) is 3.29. The number of thiophene rings is 1. The van der Waals surface area contributed by atoms with Crippen LogP contribution >= 0.6 is 11.3 Å². The normalized spacial score (nSPS) is 13.4. The van der Waals surface area contributed by atoms with Gasteiger partial charge < -0.3 is 11.1 Å². The zero-order valence-electron chi connectivity index (χ0n) is 13.6. The van der Waals surface area contributed by atoms with Crippen molar-refractivity contribution in [2.75, 3.05) is 11.1 Å². The second-order valence-corrected chi connectivity index (χ2v) is 7.30. The maximum Gasteiger partial charge on any atom is 0.246 e. The van der Waals surface area contributed by atoms with Gasteiger partial charge in [0.25, 0.3) is 0 Å². The maximum absolute atomic E-state index is 12.5. The summed E-state index contributed by atoms with van der Waals surface area (Å²) in [5, 5.41) is 18.2. The maximum atomic E-state index is 12.5. The van der Waals surface area contributed by atoms with Gasteiger partial charge in [0.05, 0.1) is 17.3 Å². The third-order valence-electron chi connectivity index (χ3n) is 4.50. The standard InChI is InChI=1S/C18H17N5OS/c19-8-14-13-3-1-2-4-16(13)25-18(14)22-17(24)10-23-15-7-12(20)6-5-11(15)9-21-23/h5-7,9H,1-4,10,20H2,(H,22,24). The van der Waals surface area contributed by atoms with E-state index in [1.54, 1.807) is 16.9 Å². The number of amides is 1. The van der Waals surface area contributed by atoms with Gasteiger partial charge in [0.2, 0.25) is 5.91 Å². The predicted molar refractivity (Wildman–Crippen MR) is 98.5 cm³/mol. The molecule has 2 heterocycles. The summed E-state index contributed by atoms with van der Waals surface area (Å²) in [6, 6.07) is 7.76. The van der Waals surface area contributed by atoms with Crippen molar-refractivity contribution < 1.29 is 4.79 Å². The summed E-state index contributed by atoms with van der Waals surface area (Å²) in [5.74, 6) is -0.192. The number of hydrogen-bond acceptors (Lipinski definition) is 5. The number of benzene rings is 1. The summed E-state index contributed by atoms with van der Waals surface area (Å²) in [6.07, 6.45) is 5.88. The molecule has 25 heavy (non-hydrogen) atoms. The molecule has 2 aromatic heterocycles. The van der Waals surface area contributed by atoms with E-state index in [1.165, 1.54) is 16.2 Å². The molecule has 6 nitrogen and oxygen atoms in total. The number of nitrogens with two attached hydrogens (primary N) is 1. The van der Waals surface area contributed by atoms with Crippen molar-refractivity contribution in [3.8, 4) is 6.07 Å². The van der Waals surface area contributed by atoms with Crippen LogP contribution < -0.4 is 11.1 Å². The minimum Gasteiger partial charge on any atom is -0.399 e. The van der Waals surface area contributed by atoms with Crippen LogP contribution in [0.3, 0.4) is 0 Å². The zero-order chi connectivity index (χ0) is 17.4. The van der Waals surface area contributed by atoms with Gasteiger partial charge in [-0.3, -0.25) is 9.48 Å². The number of carbonyl (C=O) groups excluding carboxylic acids is 1. The molecule has 7 heteroatoms. The Morgan fingerprint density at radius 1 is 1.40 bits per heavy atom. The number of nitrogen functional groups attached to an aromatic ring is 1. The van der Waals surface area contributed by atoms with Gasteiger partial charge in [-0.25, -0.2) is 0 Å². The van der Waals surface area contributed by atoms with Crippen LogP contribution in [0.5, 0.6) is 0 Å². The number of aryl methyl sites for hydroxylation is 1. The number of nitrogens with one attached hydrogen (secondary N) is 1. The van der Waals surface area contributed by atoms with Gasteiger partial charge in [0.1, 0.15) is 17.6 Å². The summed E-state index contributed by atoms with van der Waals surface area (Å²) < 4.78 is 1.63. The average molecular weight is 351 g/mol. The van der Waals surface area contributed by atoms with Gasteiger partial charge in [-0.1, -0.05) is 0 Å². The molecular formula is C18H17N5OS. The third-order valence-corrected chi connectivity index (χ3v) is 5.71. The second kappa shape index (κ2) is 6.22. The molecule has 0 atom stereocenters. The topological polar surface area (TPSA) is 96.7 Å². The number of fused-ring (bicyclic) bond motifs is 2. The predicted octanol–water partition coefficient (Wildman–Crippen LogP) is 3.07. The molecule has 1 amide bonds. The Labute approximate surface area is 148 Å². The molecule has 0 radical (unpaired) electrons. The lowest BCUT2D eigenvalue weighted by molar-refractivity contribution is -0.116. The largest absolute Gasteiger partial charge is 0.399 e. The molecule has 0 fully saturated rings. The molecule has 126 valence electrons. The third kappa shape index (κ3) is 2.85. The van der Waals surface area contributed by atoms with Crippen molar-refractivity contribution in [3.63, 3.8) is 0 Å². The second-order valence-electron chi connectivity index (χ2n) is 6.20. The molecule has 3 aromatic rings. The van der Waals surface area contributed by atoms with Crippen molar-refractivity contribution in [1.29, 1.82) is 5.26 Å². The molecule has 0 saturated carbocycles. The van der Waals surface area contributed by atoms with E-state index in [-0.39, 0.29) is 12.5 Å². The molecule has 0 unspecified atom stereocenters. The molecule has 1 aromatic carbocycles. The van der Waals surface area contributed by atoms with Crippen molar-refractivity contribution in [2.24, 2.45) is 0 Å². The minimum absolute atomic E-state index is 0.0837. The summed E-state index contributed by atoms with van der Waals surface area (Å²) in [7, 11) is 0. The highest BCUT2D eigenvalue weighted by Gasteiger charge is 2.22. The first-order valence-electron chi connectivity index (χ1n) is 8.21. The van der Waals surface area contributed by atoms with Crippen LogP contribution in [0, 0.1) is 11.3 Å². The summed E-state index contributed by atoms with van der Waals surface area (Å²) >= 11 is 1.53. The first-order valence-corrected chi connectivity index (χ1v) is 9.03. The van der Waals surface area contributed by atoms with E-state index in [0.29, 0.717) is 16.3 Å². The smallest absolute Gasteiger partial charge is 0.246 e. The molecule has 0 saturated heterocycles. The Balaban J connectivity index is 1.57. The highest BCUT2D eigenvalue weighted by atomic mass is 32.1. The van der Waals surface area contributed by atoms with Crippen LogP contribution in [0.1, 0.15) is 28.8 Å². The fourth-order valence-corrected chi connectivity index (χ4v) is 4.54. The van der Waals surface area contributed by atoms with Crippen LogP contribution in [0.4, 0.5) is 10.7 Å². The fraction of sp³-hybridized carbons (Fsp3) is 0.278. The monoisotopic (exact) mass is 351 g/mol. The molecule has 1 aliphatic carbocycles. The van der Waals surface area contributed by atoms with Crippen LogP contribution in [0.2, 0.25) is 0 Å². The van der Waals surface area contributed by atoms with Gasteiger partial charge in [0, 0.05) is 16.0 Å². The molecular weight excluding hydrogens is 334 g/mol. The first-order chi connectivity index (χ1) is 12.2. The van der Waals surface area contributed by atoms with Gasteiger partial charge in [-0.2, -0.15) is 10.4 Å². The Kier molecular flexibility index (Phi) is 3.90. The molecule has 0 aliphatic heterocycles. The van der Waals surface area contributed by atoms with Crippen LogP contribution in [0.15, 0.2) is 24.4 Å². The van der Waals surface area contributed by atoms with Gasteiger partial charge in [0.15, 0.2) is 0 Å². The van der Waals surface area contributed by atoms with E-state index in [9.17, 15) is 10.1 Å². The van der Waals surface area contributed by atoms with E-state index >= 15 is 0 Å². The van der Waals surface area contributed by atoms with Gasteiger partial charge in [-0.15, -0.1) is 11.3 Å². The Hall–Kier alpha value is -2.85. The van der Waals surface area contributed by atoms with Crippen molar-refractivity contribution >= 4 is 38.8 Å². The van der Waals surface area contributed by atoms with Crippen LogP contribution in [0.25, 0.3) is 10.9 Å². The van der Waals surface area contributed by atoms with Crippen molar-refractivity contribution in [3.05, 3.63) is 40.4 Å². The van der Waals surface area contributed by atoms with E-state index in [0.717, 1.165) is 42.1 Å². The van der Waals surface area contributed by atoms with E-state index in [2.05, 4.69) is 16.5 Å². The first kappa shape index (κ1) is 15.7. The van der Waals surface area contributed by atoms with Crippen LogP contribution in [-0.2, 0) is 24.2 Å². The number of aromatic nitrogens is 2. The molecule has 3 N–H and O–H groups in total. The number of nitrogens with zero attached hydrogens (tertiary/aromatic N) is 3. The van der Waals surface area contributed by atoms with E-state index in [4.69, 9.17) is 5.73 Å². The number of anilines is 2. The highest BCUT2D eigenvalue weighted by Crippen LogP contribution is 2.37. The van der Waals surface area contributed by atoms with Gasteiger partial charge in [-0.05, 0) is 49.4 Å². The SMILES string of the molecule is N#Cc1c(NC(=O)Cn2ncc3ccc(N)cc32)sc2c1CCCC2. The summed E-state index contributed by atoms with van der Waals surface area (Å²) in [6.45, 7) is 0.0837. The summed E-state index contributed by atoms with van der Waals surface area (Å²) in [5.41, 5.74) is 9.02. The van der Waals surface area contributed by atoms with E-state index < -0.39 is 0 Å². The zero-order valence-corrected chi connectivity index (χ0v) is 14.4. The molecule has 4 rings (SSSR count). The Bertz CT molecular complexity index is 1010. The molecule has 1 aliphatic rings. The Morgan fingerprint density at radius 2 is 2.24 bits per heavy atom. The minimum atomic E-state index is -0.192. The number of rotatable bonds is 3. The van der Waals surface area contributed by atoms with Gasteiger partial charge >= 0.3 is 0 Å². The van der Waals surface area contributed by atoms with Crippen LogP contribution in [-0.4, -0.2) is 15.7 Å². The molecule has 0 bridgehead atoms. The lowest BCUT2D eigenvalue weighted by Gasteiger charge is -2.09. The Morgan fingerprint density at radius 3 is 3.08 bits per heavy atom. The number of nitriles is 1. The quantitative estimate of drug-likeness (QED) is 0.709. The summed E-state index contributed by atoms with van der Waals surface area (Å²) in [4.78, 5) is 13.7. The lowest BCUT2D eigenvalue weighted by Crippen LogP contribution is -2.19. The molecule has 0 spiro atoms. The van der Waals surface area contributed by atoms with Crippen molar-refractivity contribution in [1.82, 2.24) is 9.78 Å². The average Bonchev–Trinajstić information content (AvgIpc) is 3.15.